The summed E-state index contributed by atoms with van der Waals surface area (Å²) in [6, 6.07) is 0. The monoisotopic (exact) mass is 195 g/mol. The Hall–Kier alpha value is -1.49. The zero-order chi connectivity index (χ0) is 9.26. The van der Waals surface area contributed by atoms with Crippen molar-refractivity contribution in [2.75, 3.05) is 0 Å². The topological polar surface area (TPSA) is 56.5 Å². The van der Waals surface area contributed by atoms with Crippen molar-refractivity contribution >= 4 is 11.6 Å². The van der Waals surface area contributed by atoms with Gasteiger partial charge >= 0.3 is 0 Å². The van der Waals surface area contributed by atoms with E-state index in [0.717, 1.165) is 0 Å². The second-order valence-electron chi connectivity index (χ2n) is 2.44. The number of halogens is 1. The third-order valence-corrected chi connectivity index (χ3v) is 1.61. The maximum Gasteiger partial charge on any atom is 0.252 e. The Balaban J connectivity index is 2.41. The number of aromatic nitrogens is 5. The first-order chi connectivity index (χ1) is 6.25. The highest BCUT2D eigenvalue weighted by Gasteiger charge is 2.00. The summed E-state index contributed by atoms with van der Waals surface area (Å²) in [5.74, 6) is 1.14. The Bertz CT molecular complexity index is 407. The lowest BCUT2D eigenvalue weighted by Gasteiger charge is -1.95. The van der Waals surface area contributed by atoms with Gasteiger partial charge in [0.05, 0.1) is 17.4 Å². The van der Waals surface area contributed by atoms with Crippen molar-refractivity contribution in [1.82, 2.24) is 24.7 Å². The number of nitrogens with zero attached hydrogens (tertiary/aromatic N) is 5. The van der Waals surface area contributed by atoms with Crippen molar-refractivity contribution in [2.45, 2.75) is 6.92 Å². The average molecular weight is 196 g/mol. The first kappa shape index (κ1) is 8.12. The van der Waals surface area contributed by atoms with Crippen molar-refractivity contribution < 1.29 is 0 Å². The molecule has 0 radical (unpaired) electrons. The molecule has 0 N–H and O–H groups in total. The van der Waals surface area contributed by atoms with Crippen molar-refractivity contribution in [3.05, 3.63) is 29.6 Å². The van der Waals surface area contributed by atoms with E-state index in [1.807, 2.05) is 0 Å². The summed E-state index contributed by atoms with van der Waals surface area (Å²) >= 11 is 5.63. The smallest absolute Gasteiger partial charge is 0.220 e. The first-order valence-corrected chi connectivity index (χ1v) is 4.00. The molecular weight excluding hydrogens is 190 g/mol. The lowest BCUT2D eigenvalue weighted by atomic mass is 10.7. The minimum absolute atomic E-state index is 0.463. The molecule has 2 aromatic heterocycles. The van der Waals surface area contributed by atoms with E-state index >= 15 is 0 Å². The Kier molecular flexibility index (Phi) is 1.94. The van der Waals surface area contributed by atoms with Gasteiger partial charge in [-0.2, -0.15) is 4.68 Å². The molecule has 0 bridgehead atoms. The minimum Gasteiger partial charge on any atom is -0.220 e. The van der Waals surface area contributed by atoms with Crippen LogP contribution in [0.15, 0.2) is 18.7 Å². The fraction of sp³-hybridized carbons (Fsp3) is 0.143. The molecule has 0 aliphatic heterocycles. The highest BCUT2D eigenvalue weighted by Crippen LogP contribution is 2.04. The molecule has 6 heteroatoms. The van der Waals surface area contributed by atoms with Crippen molar-refractivity contribution in [1.29, 1.82) is 0 Å². The fourth-order valence-electron chi connectivity index (χ4n) is 0.866. The molecule has 2 rings (SSSR count). The zero-order valence-corrected chi connectivity index (χ0v) is 7.60. The highest BCUT2D eigenvalue weighted by atomic mass is 35.5. The van der Waals surface area contributed by atoms with Crippen LogP contribution in [0.1, 0.15) is 5.82 Å². The van der Waals surface area contributed by atoms with Crippen LogP contribution in [0.4, 0.5) is 0 Å². The lowest BCUT2D eigenvalue weighted by Crippen LogP contribution is -2.00. The molecule has 0 aliphatic rings. The Morgan fingerprint density at radius 1 is 1.23 bits per heavy atom. The molecule has 0 unspecified atom stereocenters. The standard InChI is InChI=1S/C7H6ClN5/c1-5-11-4-13(12-5)7-9-2-6(8)3-10-7/h2-4H,1H3. The molecule has 0 spiro atoms. The molecule has 0 amide bonds. The quantitative estimate of drug-likeness (QED) is 0.682. The van der Waals surface area contributed by atoms with Gasteiger partial charge in [-0.1, -0.05) is 11.6 Å². The van der Waals surface area contributed by atoms with Crippen molar-refractivity contribution in [3.8, 4) is 5.95 Å². The van der Waals surface area contributed by atoms with Crippen LogP contribution in [0.25, 0.3) is 5.95 Å². The molecule has 0 saturated heterocycles. The van der Waals surface area contributed by atoms with Gasteiger partial charge in [-0.05, 0) is 6.92 Å². The van der Waals surface area contributed by atoms with E-state index in [0.29, 0.717) is 16.8 Å². The molecular formula is C7H6ClN5. The van der Waals surface area contributed by atoms with Crippen LogP contribution in [0.2, 0.25) is 5.02 Å². The number of rotatable bonds is 1. The van der Waals surface area contributed by atoms with Gasteiger partial charge in [-0.3, -0.25) is 0 Å². The SMILES string of the molecule is Cc1ncn(-c2ncc(Cl)cn2)n1. The van der Waals surface area contributed by atoms with Crippen LogP contribution in [0, 0.1) is 6.92 Å². The number of hydrogen-bond acceptors (Lipinski definition) is 4. The first-order valence-electron chi connectivity index (χ1n) is 3.62. The minimum atomic E-state index is 0.463. The van der Waals surface area contributed by atoms with E-state index in [2.05, 4.69) is 20.1 Å². The zero-order valence-electron chi connectivity index (χ0n) is 6.85. The summed E-state index contributed by atoms with van der Waals surface area (Å²) in [5, 5.41) is 4.55. The summed E-state index contributed by atoms with van der Waals surface area (Å²) in [6.07, 6.45) is 4.58. The van der Waals surface area contributed by atoms with Crippen molar-refractivity contribution in [3.63, 3.8) is 0 Å². The van der Waals surface area contributed by atoms with Crippen molar-refractivity contribution in [2.24, 2.45) is 0 Å². The van der Waals surface area contributed by atoms with Gasteiger partial charge in [0.15, 0.2) is 0 Å². The summed E-state index contributed by atoms with van der Waals surface area (Å²) in [6.45, 7) is 1.80. The van der Waals surface area contributed by atoms with Gasteiger partial charge < -0.3 is 0 Å². The Morgan fingerprint density at radius 2 is 1.92 bits per heavy atom. The lowest BCUT2D eigenvalue weighted by molar-refractivity contribution is 0.796. The molecule has 0 atom stereocenters. The summed E-state index contributed by atoms with van der Waals surface area (Å²) in [4.78, 5) is 11.9. The molecule has 5 nitrogen and oxygen atoms in total. The van der Waals surface area contributed by atoms with Gasteiger partial charge in [0.1, 0.15) is 12.2 Å². The molecule has 0 saturated carbocycles. The van der Waals surface area contributed by atoms with Gasteiger partial charge in [0.2, 0.25) is 0 Å². The van der Waals surface area contributed by atoms with E-state index in [9.17, 15) is 0 Å². The van der Waals surface area contributed by atoms with Crippen LogP contribution in [-0.2, 0) is 0 Å². The van der Waals surface area contributed by atoms with E-state index in [-0.39, 0.29) is 0 Å². The van der Waals surface area contributed by atoms with E-state index in [1.54, 1.807) is 13.3 Å². The van der Waals surface area contributed by atoms with Crippen LogP contribution >= 0.6 is 11.6 Å². The third kappa shape index (κ3) is 1.65. The summed E-state index contributed by atoms with van der Waals surface area (Å²) < 4.78 is 1.49. The highest BCUT2D eigenvalue weighted by molar-refractivity contribution is 6.30. The van der Waals surface area contributed by atoms with E-state index in [1.165, 1.54) is 17.1 Å². The summed E-state index contributed by atoms with van der Waals surface area (Å²) in [5.41, 5.74) is 0. The Morgan fingerprint density at radius 3 is 2.46 bits per heavy atom. The van der Waals surface area contributed by atoms with Crippen LogP contribution < -0.4 is 0 Å². The van der Waals surface area contributed by atoms with Gasteiger partial charge in [0.25, 0.3) is 5.95 Å². The predicted octanol–water partition coefficient (Wildman–Crippen LogP) is 1.02. The van der Waals surface area contributed by atoms with E-state index in [4.69, 9.17) is 11.6 Å². The molecule has 0 fully saturated rings. The van der Waals surface area contributed by atoms with E-state index < -0.39 is 0 Å². The Labute approximate surface area is 79.4 Å². The number of hydrogen-bond donors (Lipinski definition) is 0. The van der Waals surface area contributed by atoms with Crippen LogP contribution in [0.5, 0.6) is 0 Å². The third-order valence-electron chi connectivity index (χ3n) is 1.42. The second kappa shape index (κ2) is 3.10. The molecule has 66 valence electrons. The second-order valence-corrected chi connectivity index (χ2v) is 2.87. The molecule has 2 aromatic rings. The maximum atomic E-state index is 5.63. The summed E-state index contributed by atoms with van der Waals surface area (Å²) in [7, 11) is 0. The average Bonchev–Trinajstić information content (AvgIpc) is 2.53. The molecule has 0 aromatic carbocycles. The predicted molar refractivity (Wildman–Crippen MR) is 46.7 cm³/mol. The maximum absolute atomic E-state index is 5.63. The van der Waals surface area contributed by atoms with Crippen LogP contribution in [-0.4, -0.2) is 24.7 Å². The molecule has 2 heterocycles. The number of aryl methyl sites for hydroxylation is 1. The normalized spacial score (nSPS) is 10.3. The van der Waals surface area contributed by atoms with Gasteiger partial charge in [0, 0.05) is 0 Å². The fourth-order valence-corrected chi connectivity index (χ4v) is 0.964. The van der Waals surface area contributed by atoms with Crippen LogP contribution in [0.3, 0.4) is 0 Å². The molecule has 13 heavy (non-hydrogen) atoms. The van der Waals surface area contributed by atoms with Gasteiger partial charge in [-0.15, -0.1) is 5.10 Å². The largest absolute Gasteiger partial charge is 0.252 e. The molecule has 0 aliphatic carbocycles. The van der Waals surface area contributed by atoms with Gasteiger partial charge in [-0.25, -0.2) is 15.0 Å².